The van der Waals surface area contributed by atoms with E-state index in [2.05, 4.69) is 6.92 Å². The molecule has 2 atom stereocenters. The van der Waals surface area contributed by atoms with Crippen LogP contribution < -0.4 is 0 Å². The van der Waals surface area contributed by atoms with Gasteiger partial charge in [0, 0.05) is 0 Å². The highest BCUT2D eigenvalue weighted by Crippen LogP contribution is 2.33. The molecule has 2 aliphatic heterocycles. The van der Waals surface area contributed by atoms with E-state index < -0.39 is 0 Å². The minimum absolute atomic E-state index is 0.0435. The van der Waals surface area contributed by atoms with Crippen LogP contribution in [-0.2, 0) is 18.9 Å². The molecule has 2 unspecified atom stereocenters. The van der Waals surface area contributed by atoms with Crippen molar-refractivity contribution >= 4 is 0 Å². The van der Waals surface area contributed by atoms with Gasteiger partial charge in [-0.3, -0.25) is 0 Å². The number of rotatable bonds is 6. The quantitative estimate of drug-likeness (QED) is 0.662. The Morgan fingerprint density at radius 3 is 2.24 bits per heavy atom. The molecule has 98 valence electrons. The molecular weight excluding hydrogens is 220 g/mol. The van der Waals surface area contributed by atoms with E-state index in [1.54, 1.807) is 0 Å². The van der Waals surface area contributed by atoms with Gasteiger partial charge in [0.1, 0.15) is 12.2 Å². The molecule has 2 heterocycles. The van der Waals surface area contributed by atoms with Crippen molar-refractivity contribution < 1.29 is 18.9 Å². The first kappa shape index (κ1) is 11.9. The summed E-state index contributed by atoms with van der Waals surface area (Å²) in [5.41, 5.74) is 0.0435. The Morgan fingerprint density at radius 1 is 1.06 bits per heavy atom. The van der Waals surface area contributed by atoms with Gasteiger partial charge in [-0.15, -0.1) is 0 Å². The molecule has 3 fully saturated rings. The predicted molar refractivity (Wildman–Crippen MR) is 62.0 cm³/mol. The van der Waals surface area contributed by atoms with Crippen LogP contribution in [0.2, 0.25) is 0 Å². The molecule has 4 heteroatoms. The highest BCUT2D eigenvalue weighted by Gasteiger charge is 2.35. The van der Waals surface area contributed by atoms with Crippen molar-refractivity contribution in [3.05, 3.63) is 0 Å². The number of hydrogen-bond donors (Lipinski definition) is 0. The topological polar surface area (TPSA) is 43.5 Å². The fraction of sp³-hybridized carbons (Fsp3) is 1.00. The summed E-state index contributed by atoms with van der Waals surface area (Å²) in [6, 6.07) is 0. The largest absolute Gasteiger partial charge is 0.375 e. The third-order valence-electron chi connectivity index (χ3n) is 3.93. The summed E-state index contributed by atoms with van der Waals surface area (Å²) in [6.07, 6.45) is 5.56. The Balaban J connectivity index is 1.35. The zero-order chi connectivity index (χ0) is 11.7. The van der Waals surface area contributed by atoms with E-state index in [0.717, 1.165) is 52.1 Å². The molecule has 2 saturated heterocycles. The fourth-order valence-electron chi connectivity index (χ4n) is 2.38. The number of hydrogen-bond acceptors (Lipinski definition) is 4. The Kier molecular flexibility index (Phi) is 3.39. The third kappa shape index (κ3) is 3.65. The molecule has 0 bridgehead atoms. The van der Waals surface area contributed by atoms with Crippen molar-refractivity contribution in [2.75, 3.05) is 26.4 Å². The highest BCUT2D eigenvalue weighted by atomic mass is 16.6. The highest BCUT2D eigenvalue weighted by molar-refractivity contribution is 4.85. The molecule has 1 saturated carbocycles. The Hall–Kier alpha value is -0.160. The zero-order valence-corrected chi connectivity index (χ0v) is 10.5. The van der Waals surface area contributed by atoms with Crippen LogP contribution in [0.3, 0.4) is 0 Å². The molecule has 0 aromatic rings. The molecule has 17 heavy (non-hydrogen) atoms. The van der Waals surface area contributed by atoms with E-state index in [4.69, 9.17) is 18.9 Å². The van der Waals surface area contributed by atoms with Crippen LogP contribution in [0.25, 0.3) is 0 Å². The third-order valence-corrected chi connectivity index (χ3v) is 3.93. The van der Waals surface area contributed by atoms with Crippen molar-refractivity contribution in [2.45, 2.75) is 56.5 Å². The van der Waals surface area contributed by atoms with E-state index in [-0.39, 0.29) is 5.60 Å². The molecule has 0 spiro atoms. The SMILES string of the molecule is CC1(OCC2CO2)CCC(OCC2CO2)CC1. The minimum atomic E-state index is 0.0435. The van der Waals surface area contributed by atoms with Gasteiger partial charge in [0.25, 0.3) is 0 Å². The second-order valence-electron chi connectivity index (χ2n) is 5.70. The van der Waals surface area contributed by atoms with E-state index in [1.165, 1.54) is 0 Å². The summed E-state index contributed by atoms with van der Waals surface area (Å²) in [7, 11) is 0. The van der Waals surface area contributed by atoms with E-state index in [0.29, 0.717) is 18.3 Å². The molecule has 3 aliphatic rings. The first-order valence-corrected chi connectivity index (χ1v) is 6.72. The van der Waals surface area contributed by atoms with Crippen LogP contribution in [0.15, 0.2) is 0 Å². The molecule has 0 N–H and O–H groups in total. The minimum Gasteiger partial charge on any atom is -0.375 e. The summed E-state index contributed by atoms with van der Waals surface area (Å²) >= 11 is 0. The van der Waals surface area contributed by atoms with Crippen LogP contribution in [0.5, 0.6) is 0 Å². The molecule has 4 nitrogen and oxygen atoms in total. The Labute approximate surface area is 103 Å². The van der Waals surface area contributed by atoms with E-state index in [1.807, 2.05) is 0 Å². The molecule has 0 amide bonds. The molecule has 0 radical (unpaired) electrons. The van der Waals surface area contributed by atoms with Gasteiger partial charge in [0.15, 0.2) is 0 Å². The van der Waals surface area contributed by atoms with Gasteiger partial charge in [0.2, 0.25) is 0 Å². The van der Waals surface area contributed by atoms with Crippen LogP contribution in [0.4, 0.5) is 0 Å². The summed E-state index contributed by atoms with van der Waals surface area (Å²) in [4.78, 5) is 0. The monoisotopic (exact) mass is 242 g/mol. The second-order valence-corrected chi connectivity index (χ2v) is 5.70. The Bertz CT molecular complexity index is 252. The summed E-state index contributed by atoms with van der Waals surface area (Å²) < 4.78 is 22.1. The van der Waals surface area contributed by atoms with Crippen molar-refractivity contribution in [1.82, 2.24) is 0 Å². The molecule has 1 aliphatic carbocycles. The lowest BCUT2D eigenvalue weighted by Crippen LogP contribution is -2.37. The number of epoxide rings is 2. The van der Waals surface area contributed by atoms with Crippen LogP contribution >= 0.6 is 0 Å². The van der Waals surface area contributed by atoms with Gasteiger partial charge in [-0.25, -0.2) is 0 Å². The average Bonchev–Trinajstić information content (AvgIpc) is 3.19. The van der Waals surface area contributed by atoms with Gasteiger partial charge in [-0.1, -0.05) is 0 Å². The average molecular weight is 242 g/mol. The molecule has 3 rings (SSSR count). The fourth-order valence-corrected chi connectivity index (χ4v) is 2.38. The summed E-state index contributed by atoms with van der Waals surface area (Å²) in [5.74, 6) is 0. The van der Waals surface area contributed by atoms with Crippen LogP contribution in [-0.4, -0.2) is 50.3 Å². The first-order chi connectivity index (χ1) is 8.23. The summed E-state index contributed by atoms with van der Waals surface area (Å²) in [6.45, 7) is 5.52. The van der Waals surface area contributed by atoms with Crippen LogP contribution in [0, 0.1) is 0 Å². The maximum atomic E-state index is 5.98. The smallest absolute Gasteiger partial charge is 0.104 e. The summed E-state index contributed by atoms with van der Waals surface area (Å²) in [5, 5.41) is 0. The van der Waals surface area contributed by atoms with Crippen LogP contribution in [0.1, 0.15) is 32.6 Å². The van der Waals surface area contributed by atoms with E-state index in [9.17, 15) is 0 Å². The number of ether oxygens (including phenoxy) is 4. The Morgan fingerprint density at radius 2 is 1.65 bits per heavy atom. The molecule has 0 aromatic heterocycles. The lowest BCUT2D eigenvalue weighted by molar-refractivity contribution is -0.0930. The van der Waals surface area contributed by atoms with Crippen molar-refractivity contribution in [3.8, 4) is 0 Å². The van der Waals surface area contributed by atoms with Gasteiger partial charge < -0.3 is 18.9 Å². The van der Waals surface area contributed by atoms with E-state index >= 15 is 0 Å². The normalized spacial score (nSPS) is 44.6. The standard InChI is InChI=1S/C13H22O4/c1-13(17-9-12-8-16-12)4-2-10(3-5-13)14-6-11-7-15-11/h10-12H,2-9H2,1H3. The maximum Gasteiger partial charge on any atom is 0.104 e. The molecular formula is C13H22O4. The van der Waals surface area contributed by atoms with Gasteiger partial charge in [-0.05, 0) is 32.6 Å². The van der Waals surface area contributed by atoms with Gasteiger partial charge in [-0.2, -0.15) is 0 Å². The lowest BCUT2D eigenvalue weighted by Gasteiger charge is -2.37. The van der Waals surface area contributed by atoms with Crippen molar-refractivity contribution in [2.24, 2.45) is 0 Å². The molecule has 0 aromatic carbocycles. The zero-order valence-electron chi connectivity index (χ0n) is 10.5. The van der Waals surface area contributed by atoms with Gasteiger partial charge >= 0.3 is 0 Å². The van der Waals surface area contributed by atoms with Crippen molar-refractivity contribution in [1.29, 1.82) is 0 Å². The predicted octanol–water partition coefficient (Wildman–Crippen LogP) is 1.52. The first-order valence-electron chi connectivity index (χ1n) is 6.72. The van der Waals surface area contributed by atoms with Gasteiger partial charge in [0.05, 0.1) is 38.1 Å². The maximum absolute atomic E-state index is 5.98. The lowest BCUT2D eigenvalue weighted by atomic mass is 9.84. The second kappa shape index (κ2) is 4.84. The van der Waals surface area contributed by atoms with Crippen molar-refractivity contribution in [3.63, 3.8) is 0 Å².